The number of pyridine rings is 1. The third-order valence-corrected chi connectivity index (χ3v) is 1.42. The summed E-state index contributed by atoms with van der Waals surface area (Å²) in [5.74, 6) is 0. The van der Waals surface area contributed by atoms with Crippen LogP contribution < -0.4 is 0 Å². The van der Waals surface area contributed by atoms with Crippen molar-refractivity contribution in [3.63, 3.8) is 0 Å². The quantitative estimate of drug-likeness (QED) is 0.396. The van der Waals surface area contributed by atoms with Gasteiger partial charge in [-0.1, -0.05) is 18.1 Å². The van der Waals surface area contributed by atoms with Crippen LogP contribution in [0.2, 0.25) is 0 Å². The first-order chi connectivity index (χ1) is 5.38. The number of hydrogen-bond donors (Lipinski definition) is 1. The molecule has 0 aliphatic heterocycles. The van der Waals surface area contributed by atoms with Gasteiger partial charge in [0.2, 0.25) is 0 Å². The highest BCUT2D eigenvalue weighted by molar-refractivity contribution is 5.98. The lowest BCUT2D eigenvalue weighted by Crippen LogP contribution is -2.00. The van der Waals surface area contributed by atoms with E-state index in [1.807, 2.05) is 25.1 Å². The van der Waals surface area contributed by atoms with Crippen molar-refractivity contribution in [2.75, 3.05) is 0 Å². The SMILES string of the molecule is CC/C(=N/O)c1ccccn1. The zero-order valence-corrected chi connectivity index (χ0v) is 6.36. The largest absolute Gasteiger partial charge is 0.411 e. The smallest absolute Gasteiger partial charge is 0.105 e. The molecule has 58 valence electrons. The van der Waals surface area contributed by atoms with Crippen LogP contribution in [0, 0.1) is 0 Å². The molecule has 0 atom stereocenters. The van der Waals surface area contributed by atoms with Gasteiger partial charge in [0.25, 0.3) is 0 Å². The van der Waals surface area contributed by atoms with E-state index in [1.54, 1.807) is 6.20 Å². The Kier molecular flexibility index (Phi) is 2.60. The topological polar surface area (TPSA) is 45.5 Å². The number of aromatic nitrogens is 1. The first-order valence-corrected chi connectivity index (χ1v) is 3.50. The molecule has 3 heteroatoms. The van der Waals surface area contributed by atoms with E-state index in [-0.39, 0.29) is 0 Å². The van der Waals surface area contributed by atoms with E-state index < -0.39 is 0 Å². The molecule has 0 amide bonds. The Labute approximate surface area is 65.4 Å². The van der Waals surface area contributed by atoms with Crippen molar-refractivity contribution in [3.05, 3.63) is 30.1 Å². The first kappa shape index (κ1) is 7.72. The van der Waals surface area contributed by atoms with Gasteiger partial charge in [0, 0.05) is 6.20 Å². The molecule has 1 aromatic rings. The van der Waals surface area contributed by atoms with Crippen LogP contribution in [0.15, 0.2) is 29.6 Å². The first-order valence-electron chi connectivity index (χ1n) is 3.50. The van der Waals surface area contributed by atoms with Gasteiger partial charge in [-0.25, -0.2) is 0 Å². The maximum absolute atomic E-state index is 8.53. The highest BCUT2D eigenvalue weighted by atomic mass is 16.4. The van der Waals surface area contributed by atoms with Crippen molar-refractivity contribution in [2.45, 2.75) is 13.3 Å². The molecule has 0 aliphatic rings. The Morgan fingerprint density at radius 3 is 2.91 bits per heavy atom. The molecule has 0 saturated carbocycles. The van der Waals surface area contributed by atoms with Crippen LogP contribution in [0.5, 0.6) is 0 Å². The minimum atomic E-state index is 0.616. The summed E-state index contributed by atoms with van der Waals surface area (Å²) in [4.78, 5) is 4.03. The third-order valence-electron chi connectivity index (χ3n) is 1.42. The second-order valence-electron chi connectivity index (χ2n) is 2.12. The molecule has 0 saturated heterocycles. The number of rotatable bonds is 2. The highest BCUT2D eigenvalue weighted by Crippen LogP contribution is 1.98. The molecule has 0 spiro atoms. The predicted octanol–water partition coefficient (Wildman–Crippen LogP) is 1.67. The van der Waals surface area contributed by atoms with Crippen LogP contribution >= 0.6 is 0 Å². The molecule has 0 radical (unpaired) electrons. The van der Waals surface area contributed by atoms with Gasteiger partial charge in [0.05, 0.1) is 5.69 Å². The van der Waals surface area contributed by atoms with Crippen LogP contribution in [-0.2, 0) is 0 Å². The summed E-state index contributed by atoms with van der Waals surface area (Å²) in [5.41, 5.74) is 1.35. The Balaban J connectivity index is 2.92. The standard InChI is InChI=1S/C8H10N2O/c1-2-7(10-11)8-5-3-4-6-9-8/h3-6,11H,2H2,1H3/b10-7-. The number of oxime groups is 1. The summed E-state index contributed by atoms with van der Waals surface area (Å²) in [6.07, 6.45) is 2.36. The number of nitrogens with zero attached hydrogens (tertiary/aromatic N) is 2. The normalized spacial score (nSPS) is 11.5. The second kappa shape index (κ2) is 3.71. The van der Waals surface area contributed by atoms with Gasteiger partial charge in [-0.2, -0.15) is 0 Å². The minimum absolute atomic E-state index is 0.616. The summed E-state index contributed by atoms with van der Waals surface area (Å²) in [6.45, 7) is 1.92. The molecule has 1 heterocycles. The van der Waals surface area contributed by atoms with Gasteiger partial charge in [-0.3, -0.25) is 4.98 Å². The lowest BCUT2D eigenvalue weighted by molar-refractivity contribution is 0.318. The van der Waals surface area contributed by atoms with Crippen molar-refractivity contribution < 1.29 is 5.21 Å². The monoisotopic (exact) mass is 150 g/mol. The molecule has 1 N–H and O–H groups in total. The van der Waals surface area contributed by atoms with Crippen LogP contribution in [0.1, 0.15) is 19.0 Å². The fourth-order valence-electron chi connectivity index (χ4n) is 0.837. The van der Waals surface area contributed by atoms with Gasteiger partial charge < -0.3 is 5.21 Å². The van der Waals surface area contributed by atoms with Crippen LogP contribution in [-0.4, -0.2) is 15.9 Å². The third kappa shape index (κ3) is 1.77. The minimum Gasteiger partial charge on any atom is -0.411 e. The zero-order chi connectivity index (χ0) is 8.10. The van der Waals surface area contributed by atoms with E-state index in [2.05, 4.69) is 10.1 Å². The van der Waals surface area contributed by atoms with Gasteiger partial charge >= 0.3 is 0 Å². The molecular formula is C8H10N2O. The van der Waals surface area contributed by atoms with Gasteiger partial charge in [-0.05, 0) is 18.6 Å². The van der Waals surface area contributed by atoms with Gasteiger partial charge in [0.1, 0.15) is 5.71 Å². The molecule has 3 nitrogen and oxygen atoms in total. The molecule has 0 aliphatic carbocycles. The zero-order valence-electron chi connectivity index (χ0n) is 6.36. The maximum atomic E-state index is 8.53. The fraction of sp³-hybridized carbons (Fsp3) is 0.250. The summed E-state index contributed by atoms with van der Waals surface area (Å²) >= 11 is 0. The molecule has 0 fully saturated rings. The van der Waals surface area contributed by atoms with Crippen LogP contribution in [0.3, 0.4) is 0 Å². The van der Waals surface area contributed by atoms with Crippen molar-refractivity contribution in [1.82, 2.24) is 4.98 Å². The average molecular weight is 150 g/mol. The lowest BCUT2D eigenvalue weighted by atomic mass is 10.2. The van der Waals surface area contributed by atoms with Gasteiger partial charge in [-0.15, -0.1) is 0 Å². The number of hydrogen-bond acceptors (Lipinski definition) is 3. The Morgan fingerprint density at radius 1 is 1.64 bits per heavy atom. The van der Waals surface area contributed by atoms with E-state index in [4.69, 9.17) is 5.21 Å². The van der Waals surface area contributed by atoms with Crippen molar-refractivity contribution in [2.24, 2.45) is 5.16 Å². The Morgan fingerprint density at radius 2 is 2.45 bits per heavy atom. The molecule has 1 aromatic heterocycles. The summed E-state index contributed by atoms with van der Waals surface area (Å²) in [7, 11) is 0. The van der Waals surface area contributed by atoms with E-state index in [9.17, 15) is 0 Å². The van der Waals surface area contributed by atoms with Gasteiger partial charge in [0.15, 0.2) is 0 Å². The van der Waals surface area contributed by atoms with Crippen LogP contribution in [0.25, 0.3) is 0 Å². The molecule has 0 aromatic carbocycles. The summed E-state index contributed by atoms with van der Waals surface area (Å²) in [6, 6.07) is 5.51. The van der Waals surface area contributed by atoms with E-state index >= 15 is 0 Å². The van der Waals surface area contributed by atoms with Crippen molar-refractivity contribution in [1.29, 1.82) is 0 Å². The van der Waals surface area contributed by atoms with E-state index in [0.29, 0.717) is 12.1 Å². The average Bonchev–Trinajstić information content (AvgIpc) is 2.09. The molecule has 0 bridgehead atoms. The fourth-order valence-corrected chi connectivity index (χ4v) is 0.837. The molecule has 0 unspecified atom stereocenters. The second-order valence-corrected chi connectivity index (χ2v) is 2.12. The molecule has 1 rings (SSSR count). The van der Waals surface area contributed by atoms with Crippen molar-refractivity contribution in [3.8, 4) is 0 Å². The maximum Gasteiger partial charge on any atom is 0.105 e. The molecule has 11 heavy (non-hydrogen) atoms. The highest BCUT2D eigenvalue weighted by Gasteiger charge is 1.99. The molecular weight excluding hydrogens is 140 g/mol. The Hall–Kier alpha value is -1.38. The van der Waals surface area contributed by atoms with E-state index in [1.165, 1.54) is 0 Å². The van der Waals surface area contributed by atoms with E-state index in [0.717, 1.165) is 5.69 Å². The van der Waals surface area contributed by atoms with Crippen LogP contribution in [0.4, 0.5) is 0 Å². The summed E-state index contributed by atoms with van der Waals surface area (Å²) < 4.78 is 0. The van der Waals surface area contributed by atoms with Crippen molar-refractivity contribution >= 4 is 5.71 Å². The lowest BCUT2D eigenvalue weighted by Gasteiger charge is -1.97. The Bertz CT molecular complexity index is 244. The predicted molar refractivity (Wildman–Crippen MR) is 42.9 cm³/mol. The summed E-state index contributed by atoms with van der Waals surface area (Å²) in [5, 5.41) is 11.7.